The molecule has 0 saturated carbocycles. The van der Waals surface area contributed by atoms with Crippen LogP contribution in [0.4, 0.5) is 0 Å². The summed E-state index contributed by atoms with van der Waals surface area (Å²) in [4.78, 5) is 12.3. The van der Waals surface area contributed by atoms with Crippen LogP contribution >= 0.6 is 11.6 Å². The lowest BCUT2D eigenvalue weighted by molar-refractivity contribution is 0.0880. The summed E-state index contributed by atoms with van der Waals surface area (Å²) in [6, 6.07) is 8.95. The van der Waals surface area contributed by atoms with Crippen LogP contribution < -0.4 is 5.32 Å². The van der Waals surface area contributed by atoms with Crippen LogP contribution in [-0.4, -0.2) is 32.9 Å². The molecule has 1 heterocycles. The molecule has 0 aliphatic rings. The molecule has 0 bridgehead atoms. The summed E-state index contributed by atoms with van der Waals surface area (Å²) in [6.07, 6.45) is 2.93. The number of aromatic nitrogens is 2. The Bertz CT molecular complexity index is 656. The van der Waals surface area contributed by atoms with Gasteiger partial charge in [0, 0.05) is 18.3 Å². The Hall–Kier alpha value is -1.85. The highest BCUT2D eigenvalue weighted by atomic mass is 35.5. The van der Waals surface area contributed by atoms with Crippen LogP contribution in [0.25, 0.3) is 5.69 Å². The fourth-order valence-electron chi connectivity index (χ4n) is 2.13. The quantitative estimate of drug-likeness (QED) is 0.859. The fraction of sp³-hybridized carbons (Fsp3) is 0.375. The van der Waals surface area contributed by atoms with Gasteiger partial charge in [-0.1, -0.05) is 30.7 Å². The van der Waals surface area contributed by atoms with Crippen LogP contribution in [0.1, 0.15) is 37.2 Å². The zero-order valence-electron chi connectivity index (χ0n) is 12.7. The molecule has 1 amide bonds. The van der Waals surface area contributed by atoms with Gasteiger partial charge in [-0.25, -0.2) is 4.68 Å². The van der Waals surface area contributed by atoms with E-state index in [0.717, 1.165) is 12.1 Å². The van der Waals surface area contributed by atoms with E-state index in [1.54, 1.807) is 23.0 Å². The molecule has 0 radical (unpaired) electrons. The van der Waals surface area contributed by atoms with Crippen molar-refractivity contribution in [3.63, 3.8) is 0 Å². The average molecular weight is 322 g/mol. The lowest BCUT2D eigenvalue weighted by Crippen LogP contribution is -2.46. The number of halogens is 1. The Labute approximate surface area is 134 Å². The van der Waals surface area contributed by atoms with Gasteiger partial charge in [-0.3, -0.25) is 4.79 Å². The molecule has 1 aromatic carbocycles. The number of carbonyl (C=O) groups is 1. The normalized spacial score (nSPS) is 13.6. The van der Waals surface area contributed by atoms with Gasteiger partial charge in [-0.15, -0.1) is 0 Å². The largest absolute Gasteiger partial charge is 0.396 e. The van der Waals surface area contributed by atoms with Crippen molar-refractivity contribution in [1.29, 1.82) is 0 Å². The molecule has 2 N–H and O–H groups in total. The molecule has 2 rings (SSSR count). The average Bonchev–Trinajstić information content (AvgIpc) is 2.97. The number of aliphatic hydroxyl groups excluding tert-OH is 1. The van der Waals surface area contributed by atoms with E-state index in [2.05, 4.69) is 10.4 Å². The van der Waals surface area contributed by atoms with Crippen molar-refractivity contribution < 1.29 is 9.90 Å². The van der Waals surface area contributed by atoms with Gasteiger partial charge in [0.1, 0.15) is 0 Å². The summed E-state index contributed by atoms with van der Waals surface area (Å²) >= 11 is 6.13. The minimum Gasteiger partial charge on any atom is -0.396 e. The van der Waals surface area contributed by atoms with Crippen LogP contribution in [0.5, 0.6) is 0 Å². The van der Waals surface area contributed by atoms with Crippen LogP contribution in [0.3, 0.4) is 0 Å². The number of para-hydroxylation sites is 1. The van der Waals surface area contributed by atoms with Crippen molar-refractivity contribution in [2.45, 2.75) is 32.2 Å². The minimum absolute atomic E-state index is 0.0265. The minimum atomic E-state index is -0.444. The van der Waals surface area contributed by atoms with E-state index in [0.29, 0.717) is 17.1 Å². The molecule has 5 nitrogen and oxygen atoms in total. The van der Waals surface area contributed by atoms with E-state index >= 15 is 0 Å². The first-order valence-electron chi connectivity index (χ1n) is 7.23. The summed E-state index contributed by atoms with van der Waals surface area (Å²) < 4.78 is 1.58. The first-order valence-corrected chi connectivity index (χ1v) is 7.61. The second kappa shape index (κ2) is 6.94. The molecular weight excluding hydrogens is 302 g/mol. The van der Waals surface area contributed by atoms with Crippen molar-refractivity contribution in [1.82, 2.24) is 15.1 Å². The number of aliphatic hydroxyl groups is 1. The molecule has 1 unspecified atom stereocenters. The van der Waals surface area contributed by atoms with Gasteiger partial charge < -0.3 is 10.4 Å². The number of carbonyl (C=O) groups excluding carboxylic acids is 1. The topological polar surface area (TPSA) is 67.2 Å². The monoisotopic (exact) mass is 321 g/mol. The maximum absolute atomic E-state index is 12.3. The standard InChI is InChI=1S/C16H20ClN3O2/c1-3-16(2,9-11-21)18-15(22)13-8-10-20(19-13)14-7-5-4-6-12(14)17/h4-8,10,21H,3,9,11H2,1-2H3,(H,18,22). The molecule has 0 fully saturated rings. The summed E-state index contributed by atoms with van der Waals surface area (Å²) in [5.74, 6) is -0.261. The van der Waals surface area contributed by atoms with Gasteiger partial charge in [0.25, 0.3) is 5.91 Å². The smallest absolute Gasteiger partial charge is 0.272 e. The Balaban J connectivity index is 2.18. The molecule has 1 aromatic heterocycles. The van der Waals surface area contributed by atoms with Crippen molar-refractivity contribution in [2.75, 3.05) is 6.61 Å². The maximum atomic E-state index is 12.3. The summed E-state index contributed by atoms with van der Waals surface area (Å²) in [5, 5.41) is 16.9. The van der Waals surface area contributed by atoms with Crippen LogP contribution in [0.2, 0.25) is 5.02 Å². The maximum Gasteiger partial charge on any atom is 0.272 e. The van der Waals surface area contributed by atoms with Gasteiger partial charge >= 0.3 is 0 Å². The van der Waals surface area contributed by atoms with Gasteiger partial charge in [0.05, 0.1) is 10.7 Å². The van der Waals surface area contributed by atoms with Crippen molar-refractivity contribution in [3.8, 4) is 5.69 Å². The van der Waals surface area contributed by atoms with Gasteiger partial charge in [0.2, 0.25) is 0 Å². The fourth-order valence-corrected chi connectivity index (χ4v) is 2.35. The number of benzene rings is 1. The van der Waals surface area contributed by atoms with Crippen LogP contribution in [-0.2, 0) is 0 Å². The number of hydrogen-bond acceptors (Lipinski definition) is 3. The molecule has 22 heavy (non-hydrogen) atoms. The third-order valence-electron chi connectivity index (χ3n) is 3.78. The molecular formula is C16H20ClN3O2. The van der Waals surface area contributed by atoms with E-state index in [1.165, 1.54) is 0 Å². The van der Waals surface area contributed by atoms with E-state index in [9.17, 15) is 4.79 Å². The second-order valence-corrected chi connectivity index (χ2v) is 5.85. The molecule has 1 atom stereocenters. The number of nitrogens with zero attached hydrogens (tertiary/aromatic N) is 2. The van der Waals surface area contributed by atoms with E-state index in [1.807, 2.05) is 32.0 Å². The van der Waals surface area contributed by atoms with Crippen molar-refractivity contribution in [3.05, 3.63) is 47.2 Å². The number of rotatable bonds is 6. The molecule has 6 heteroatoms. The predicted octanol–water partition coefficient (Wildman–Crippen LogP) is 2.81. The number of nitrogens with one attached hydrogen (secondary N) is 1. The Morgan fingerprint density at radius 3 is 2.77 bits per heavy atom. The zero-order valence-corrected chi connectivity index (χ0v) is 13.5. The van der Waals surface area contributed by atoms with Crippen molar-refractivity contribution in [2.24, 2.45) is 0 Å². The van der Waals surface area contributed by atoms with Crippen LogP contribution in [0, 0.1) is 0 Å². The summed E-state index contributed by atoms with van der Waals surface area (Å²) in [6.45, 7) is 3.91. The van der Waals surface area contributed by atoms with E-state index in [4.69, 9.17) is 16.7 Å². The predicted molar refractivity (Wildman–Crippen MR) is 86.4 cm³/mol. The summed E-state index contributed by atoms with van der Waals surface area (Å²) in [5.41, 5.74) is 0.592. The second-order valence-electron chi connectivity index (χ2n) is 5.44. The highest BCUT2D eigenvalue weighted by Gasteiger charge is 2.25. The van der Waals surface area contributed by atoms with Gasteiger partial charge in [-0.05, 0) is 38.0 Å². The zero-order chi connectivity index (χ0) is 16.2. The van der Waals surface area contributed by atoms with E-state index < -0.39 is 5.54 Å². The lowest BCUT2D eigenvalue weighted by Gasteiger charge is -2.28. The third-order valence-corrected chi connectivity index (χ3v) is 4.10. The molecule has 0 aliphatic carbocycles. The molecule has 2 aromatic rings. The molecule has 0 saturated heterocycles. The number of amides is 1. The lowest BCUT2D eigenvalue weighted by atomic mass is 9.95. The summed E-state index contributed by atoms with van der Waals surface area (Å²) in [7, 11) is 0. The first-order chi connectivity index (χ1) is 10.5. The van der Waals surface area contributed by atoms with E-state index in [-0.39, 0.29) is 12.5 Å². The van der Waals surface area contributed by atoms with Crippen molar-refractivity contribution >= 4 is 17.5 Å². The first kappa shape index (κ1) is 16.5. The van der Waals surface area contributed by atoms with Crippen LogP contribution in [0.15, 0.2) is 36.5 Å². The Morgan fingerprint density at radius 2 is 2.14 bits per heavy atom. The Morgan fingerprint density at radius 1 is 1.41 bits per heavy atom. The van der Waals surface area contributed by atoms with Gasteiger partial charge in [0.15, 0.2) is 5.69 Å². The third kappa shape index (κ3) is 3.67. The SMILES string of the molecule is CCC(C)(CCO)NC(=O)c1ccn(-c2ccccc2Cl)n1. The number of hydrogen-bond donors (Lipinski definition) is 2. The Kier molecular flexibility index (Phi) is 5.21. The van der Waals surface area contributed by atoms with Gasteiger partial charge in [-0.2, -0.15) is 5.10 Å². The molecule has 0 aliphatic heterocycles. The highest BCUT2D eigenvalue weighted by molar-refractivity contribution is 6.32. The highest BCUT2D eigenvalue weighted by Crippen LogP contribution is 2.19. The molecule has 118 valence electrons. The molecule has 0 spiro atoms.